The van der Waals surface area contributed by atoms with E-state index in [1.165, 1.54) is 0 Å². The van der Waals surface area contributed by atoms with Crippen LogP contribution in [0.5, 0.6) is 5.75 Å². The van der Waals surface area contributed by atoms with Crippen LogP contribution in [0.3, 0.4) is 0 Å². The van der Waals surface area contributed by atoms with Gasteiger partial charge in [0, 0.05) is 0 Å². The van der Waals surface area contributed by atoms with Gasteiger partial charge in [-0.2, -0.15) is 26.3 Å². The van der Waals surface area contributed by atoms with Gasteiger partial charge in [-0.3, -0.25) is 9.59 Å². The Kier molecular flexibility index (Phi) is 20.1. The molecule has 0 saturated carbocycles. The van der Waals surface area contributed by atoms with E-state index >= 15 is 0 Å². The van der Waals surface area contributed by atoms with Gasteiger partial charge in [-0.25, -0.2) is 43.9 Å². The van der Waals surface area contributed by atoms with Crippen LogP contribution in [0.4, 0.5) is 70.2 Å². The molecule has 0 aromatic heterocycles. The average molecular weight is 1210 g/mol. The number of Topliss-reactive ketones (excluding diaryl/α,β-unsaturated/α-hetero) is 2. The predicted molar refractivity (Wildman–Crippen MR) is 284 cm³/mol. The SMILES string of the molecule is O=C(C[P+](c1ccccc1)(c1ccccc1)c1ccccc1)c1c(F)c(F)c(F)c(F)c1F.O=C(C[P+](c1ccccc1)(c1ccccc1)c1ccccc1)c1c(F)c(F)c(F)c(F)c1F.[O-]B([O-])Oc1cc(C(F)(F)F)cc(C(F)(F)F)c1. The van der Waals surface area contributed by atoms with Crippen LogP contribution in [0.25, 0.3) is 0 Å². The smallest absolute Gasteiger partial charge is 0.416 e. The van der Waals surface area contributed by atoms with Crippen molar-refractivity contribution in [2.75, 3.05) is 12.3 Å². The van der Waals surface area contributed by atoms with E-state index in [0.29, 0.717) is 0 Å². The van der Waals surface area contributed by atoms with Crippen molar-refractivity contribution in [3.63, 3.8) is 0 Å². The molecule has 432 valence electrons. The van der Waals surface area contributed by atoms with Gasteiger partial charge in [0.05, 0.1) is 28.0 Å². The summed E-state index contributed by atoms with van der Waals surface area (Å²) in [6, 6.07) is 53.9. The zero-order chi connectivity index (χ0) is 61.3. The average Bonchev–Trinajstić information content (AvgIpc) is 1.31. The lowest BCUT2D eigenvalue weighted by Gasteiger charge is -2.27. The van der Waals surface area contributed by atoms with Crippen LogP contribution >= 0.6 is 14.5 Å². The van der Waals surface area contributed by atoms with E-state index in [0.717, 1.165) is 31.8 Å². The van der Waals surface area contributed by atoms with Crippen molar-refractivity contribution >= 4 is 65.2 Å². The Morgan fingerprint density at radius 1 is 0.345 bits per heavy atom. The highest BCUT2D eigenvalue weighted by Gasteiger charge is 2.50. The number of carbonyl (C=O) groups excluding carboxylic acids is 2. The van der Waals surface area contributed by atoms with Gasteiger partial charge in [0.15, 0.2) is 46.5 Å². The van der Waals surface area contributed by atoms with Crippen LogP contribution in [0.1, 0.15) is 31.8 Å². The van der Waals surface area contributed by atoms with E-state index in [-0.39, 0.29) is 18.2 Å². The monoisotopic (exact) mass is 1210 g/mol. The van der Waals surface area contributed by atoms with Crippen LogP contribution in [0.15, 0.2) is 200 Å². The van der Waals surface area contributed by atoms with Crippen LogP contribution < -0.4 is 46.5 Å². The Bertz CT molecular complexity index is 3270. The van der Waals surface area contributed by atoms with Crippen molar-refractivity contribution in [2.45, 2.75) is 12.4 Å². The van der Waals surface area contributed by atoms with E-state index in [1.54, 1.807) is 182 Å². The number of benzene rings is 9. The van der Waals surface area contributed by atoms with Crippen LogP contribution in [0, 0.1) is 58.2 Å². The molecule has 0 aliphatic carbocycles. The Labute approximate surface area is 469 Å². The zero-order valence-corrected chi connectivity index (χ0v) is 44.3. The summed E-state index contributed by atoms with van der Waals surface area (Å²) >= 11 is 0. The number of carbonyl (C=O) groups is 2. The summed E-state index contributed by atoms with van der Waals surface area (Å²) in [7, 11) is -8.78. The highest BCUT2D eigenvalue weighted by Crippen LogP contribution is 2.57. The first kappa shape index (κ1) is 63.4. The van der Waals surface area contributed by atoms with E-state index in [1.807, 2.05) is 0 Å². The van der Waals surface area contributed by atoms with Gasteiger partial charge < -0.3 is 14.7 Å². The number of hydrogen-bond donors (Lipinski definition) is 0. The lowest BCUT2D eigenvalue weighted by molar-refractivity contribution is -0.372. The topological polar surface area (TPSA) is 89.5 Å². The summed E-state index contributed by atoms with van der Waals surface area (Å²) in [4.78, 5) is 26.7. The maximum Gasteiger partial charge on any atom is 0.416 e. The van der Waals surface area contributed by atoms with Gasteiger partial charge in [-0.05, 0) is 91.0 Å². The molecule has 0 radical (unpaired) electrons. The number of alkyl halides is 6. The van der Waals surface area contributed by atoms with E-state index in [2.05, 4.69) is 4.65 Å². The highest BCUT2D eigenvalue weighted by molar-refractivity contribution is 7.96. The maximum atomic E-state index is 14.5. The first-order valence-electron chi connectivity index (χ1n) is 24.2. The highest BCUT2D eigenvalue weighted by atomic mass is 31.2. The molecule has 9 aromatic rings. The largest absolute Gasteiger partial charge is 0.860 e. The summed E-state index contributed by atoms with van der Waals surface area (Å²) in [5.41, 5.74) is -6.15. The van der Waals surface area contributed by atoms with E-state index in [9.17, 15) is 89.9 Å². The standard InChI is InChI=1S/2C26H17F5OP.C8H3BF6O3/c2*27-22-21(23(28)25(30)26(31)24(22)29)20(32)16-33(17-10-4-1-5-11-17,18-12-6-2-7-13-18)19-14-8-3-9-15-19;10-7(11,12)4-1-5(8(13,14)15)3-6(2-4)18-9(16)17/h2*1-15H,16H2;1-3H/q2*+1;-2. The second-order valence-electron chi connectivity index (χ2n) is 17.8. The van der Waals surface area contributed by atoms with E-state index in [4.69, 9.17) is 0 Å². The molecule has 0 aliphatic rings. The second-order valence-corrected chi connectivity index (χ2v) is 24.8. The maximum absolute atomic E-state index is 14.5. The fourth-order valence-corrected chi connectivity index (χ4v) is 17.1. The summed E-state index contributed by atoms with van der Waals surface area (Å²) in [5, 5.41) is 24.6. The lowest BCUT2D eigenvalue weighted by atomic mass is 10.1. The lowest BCUT2D eigenvalue weighted by Crippen LogP contribution is -2.50. The second kappa shape index (κ2) is 26.6. The molecular formula is C60H37BF16O5P2. The van der Waals surface area contributed by atoms with Crippen molar-refractivity contribution < 1.29 is 94.5 Å². The summed E-state index contributed by atoms with van der Waals surface area (Å²) in [5.74, 6) is -25.0. The van der Waals surface area contributed by atoms with E-state index < -0.39 is 144 Å². The van der Waals surface area contributed by atoms with Crippen molar-refractivity contribution in [2.24, 2.45) is 0 Å². The Morgan fingerprint density at radius 2 is 0.548 bits per heavy atom. The normalized spacial score (nSPS) is 11.6. The molecular weight excluding hydrogens is 1180 g/mol. The molecule has 0 aliphatic heterocycles. The van der Waals surface area contributed by atoms with Gasteiger partial charge in [0.25, 0.3) is 0 Å². The van der Waals surface area contributed by atoms with Gasteiger partial charge in [-0.15, -0.1) is 0 Å². The number of hydrogen-bond acceptors (Lipinski definition) is 5. The summed E-state index contributed by atoms with van der Waals surface area (Å²) < 4.78 is 218. The van der Waals surface area contributed by atoms with Crippen molar-refractivity contribution in [1.82, 2.24) is 0 Å². The molecule has 0 saturated heterocycles. The van der Waals surface area contributed by atoms with Crippen molar-refractivity contribution in [1.29, 1.82) is 0 Å². The summed E-state index contributed by atoms with van der Waals surface area (Å²) in [6.07, 6.45) is -11.0. The number of halogens is 16. The molecule has 24 heteroatoms. The third-order valence-corrected chi connectivity index (χ3v) is 21.3. The fourth-order valence-electron chi connectivity index (χ4n) is 8.93. The van der Waals surface area contributed by atoms with Crippen molar-refractivity contribution in [3.05, 3.63) is 281 Å². The quantitative estimate of drug-likeness (QED) is 0.0270. The molecule has 5 nitrogen and oxygen atoms in total. The molecule has 0 unspecified atom stereocenters. The van der Waals surface area contributed by atoms with Crippen molar-refractivity contribution in [3.8, 4) is 5.75 Å². The fraction of sp³-hybridized carbons (Fsp3) is 0.0667. The molecule has 84 heavy (non-hydrogen) atoms. The third kappa shape index (κ3) is 13.6. The first-order valence-corrected chi connectivity index (χ1v) is 28.2. The number of rotatable bonds is 14. The van der Waals surface area contributed by atoms with Crippen LogP contribution in [-0.4, -0.2) is 31.2 Å². The molecule has 0 amide bonds. The van der Waals surface area contributed by atoms with Gasteiger partial charge in [0.2, 0.25) is 23.2 Å². The minimum absolute atomic E-state index is 0.141. The first-order chi connectivity index (χ1) is 39.7. The van der Waals surface area contributed by atoms with Gasteiger partial charge >= 0.3 is 12.4 Å². The summed E-state index contributed by atoms with van der Waals surface area (Å²) in [6.45, 7) is 0. The molecule has 0 N–H and O–H groups in total. The Balaban J connectivity index is 0.000000190. The molecule has 0 heterocycles. The minimum atomic E-state index is -5.05. The van der Waals surface area contributed by atoms with Crippen LogP contribution in [0.2, 0.25) is 0 Å². The number of ketones is 2. The minimum Gasteiger partial charge on any atom is -0.860 e. The van der Waals surface area contributed by atoms with Gasteiger partial charge in [-0.1, -0.05) is 109 Å². The molecule has 9 rings (SSSR count). The van der Waals surface area contributed by atoms with Gasteiger partial charge in [0.1, 0.15) is 66.0 Å². The Morgan fingerprint density at radius 3 is 0.738 bits per heavy atom. The molecule has 0 atom stereocenters. The molecule has 0 bridgehead atoms. The predicted octanol–water partition coefficient (Wildman–Crippen LogP) is 11.9. The van der Waals surface area contributed by atoms with Crippen LogP contribution in [-0.2, 0) is 12.4 Å². The third-order valence-electron chi connectivity index (χ3n) is 12.7. The molecule has 0 fully saturated rings. The molecule has 0 spiro atoms. The Hall–Kier alpha value is -8.16. The molecule has 9 aromatic carbocycles. The zero-order valence-electron chi connectivity index (χ0n) is 42.5.